The molecule has 166 valence electrons. The molecule has 0 saturated heterocycles. The van der Waals surface area contributed by atoms with Gasteiger partial charge in [0, 0.05) is 29.9 Å². The third kappa shape index (κ3) is 3.39. The summed E-state index contributed by atoms with van der Waals surface area (Å²) >= 11 is 0. The molecule has 3 nitrogen and oxygen atoms in total. The molecule has 1 aromatic heterocycles. The maximum absolute atomic E-state index is 2.41. The number of imidazole rings is 1. The van der Waals surface area contributed by atoms with Gasteiger partial charge in [-0.3, -0.25) is 0 Å². The molecular weight excluding hydrogens is 402 g/mol. The molecule has 0 saturated carbocycles. The largest absolute Gasteiger partial charge is 0.347 e. The summed E-state index contributed by atoms with van der Waals surface area (Å²) in [5.41, 5.74) is 8.90. The van der Waals surface area contributed by atoms with Gasteiger partial charge in [0.2, 0.25) is 0 Å². The predicted molar refractivity (Wildman–Crippen MR) is 139 cm³/mol. The van der Waals surface area contributed by atoms with Gasteiger partial charge in [-0.15, -0.1) is 0 Å². The molecule has 0 radical (unpaired) electrons. The van der Waals surface area contributed by atoms with Crippen molar-refractivity contribution < 1.29 is 4.57 Å². The number of aromatic nitrogens is 2. The van der Waals surface area contributed by atoms with Crippen LogP contribution < -0.4 is 9.47 Å². The standard InChI is InChI=1S/C30H32N3/c1-6-32-27-21-22(2)19-20-26(27)33(23-13-8-7-9-14-23)29(32)18-12-17-28-30(3,4)24-15-10-11-16-25(24)31(28)5/h7-21H,6H2,1-5H3/q+1. The second-order valence-corrected chi connectivity index (χ2v) is 9.38. The normalized spacial score (nSPS) is 16.3. The Morgan fingerprint density at radius 3 is 2.39 bits per heavy atom. The van der Waals surface area contributed by atoms with Gasteiger partial charge in [-0.2, -0.15) is 4.57 Å². The van der Waals surface area contributed by atoms with Gasteiger partial charge in [-0.05, 0) is 61.4 Å². The summed E-state index contributed by atoms with van der Waals surface area (Å²) < 4.78 is 4.77. The van der Waals surface area contributed by atoms with Gasteiger partial charge < -0.3 is 4.90 Å². The highest BCUT2D eigenvalue weighted by Gasteiger charge is 2.37. The van der Waals surface area contributed by atoms with Gasteiger partial charge in [-0.25, -0.2) is 4.57 Å². The smallest absolute Gasteiger partial charge is 0.287 e. The minimum atomic E-state index is -0.0281. The lowest BCUT2D eigenvalue weighted by molar-refractivity contribution is -0.670. The number of nitrogens with zero attached hydrogens (tertiary/aromatic N) is 3. The lowest BCUT2D eigenvalue weighted by atomic mass is 9.84. The van der Waals surface area contributed by atoms with Crippen molar-refractivity contribution >= 4 is 22.8 Å². The fraction of sp³-hybridized carbons (Fsp3) is 0.233. The van der Waals surface area contributed by atoms with Crippen molar-refractivity contribution in [2.75, 3.05) is 11.9 Å². The third-order valence-corrected chi connectivity index (χ3v) is 6.94. The van der Waals surface area contributed by atoms with Gasteiger partial charge in [0.25, 0.3) is 5.82 Å². The average Bonchev–Trinajstić information content (AvgIpc) is 3.23. The monoisotopic (exact) mass is 434 g/mol. The Morgan fingerprint density at radius 2 is 1.67 bits per heavy atom. The minimum Gasteiger partial charge on any atom is -0.347 e. The summed E-state index contributed by atoms with van der Waals surface area (Å²) in [6.45, 7) is 9.91. The zero-order valence-corrected chi connectivity index (χ0v) is 20.2. The summed E-state index contributed by atoms with van der Waals surface area (Å²) in [5, 5.41) is 0. The van der Waals surface area contributed by atoms with Crippen molar-refractivity contribution in [2.24, 2.45) is 0 Å². The number of hydrogen-bond acceptors (Lipinski definition) is 1. The predicted octanol–water partition coefficient (Wildman–Crippen LogP) is 6.57. The molecule has 3 aromatic carbocycles. The zero-order chi connectivity index (χ0) is 23.2. The highest BCUT2D eigenvalue weighted by Crippen LogP contribution is 2.46. The molecule has 2 heterocycles. The molecule has 0 aliphatic carbocycles. The first kappa shape index (κ1) is 21.3. The Balaban J connectivity index is 1.66. The van der Waals surface area contributed by atoms with E-state index in [4.69, 9.17) is 0 Å². The fourth-order valence-electron chi connectivity index (χ4n) is 5.28. The Morgan fingerprint density at radius 1 is 0.939 bits per heavy atom. The van der Waals surface area contributed by atoms with Gasteiger partial charge >= 0.3 is 0 Å². The first-order valence-corrected chi connectivity index (χ1v) is 11.8. The van der Waals surface area contributed by atoms with Crippen molar-refractivity contribution in [3.63, 3.8) is 0 Å². The van der Waals surface area contributed by atoms with Crippen LogP contribution in [0.2, 0.25) is 0 Å². The number of likely N-dealkylation sites (N-methyl/N-ethyl adjacent to an activating group) is 1. The molecule has 0 bridgehead atoms. The van der Waals surface area contributed by atoms with E-state index in [0.29, 0.717) is 0 Å². The van der Waals surface area contributed by atoms with E-state index in [2.05, 4.69) is 140 Å². The van der Waals surface area contributed by atoms with Crippen molar-refractivity contribution in [2.45, 2.75) is 39.7 Å². The number of para-hydroxylation sites is 2. The molecule has 0 N–H and O–H groups in total. The molecule has 0 atom stereocenters. The summed E-state index contributed by atoms with van der Waals surface area (Å²) in [6, 6.07) is 26.1. The van der Waals surface area contributed by atoms with Crippen LogP contribution in [0.1, 0.15) is 37.7 Å². The Kier molecular flexibility index (Phi) is 5.20. The molecule has 0 amide bonds. The van der Waals surface area contributed by atoms with Gasteiger partial charge in [0.1, 0.15) is 5.69 Å². The second-order valence-electron chi connectivity index (χ2n) is 9.38. The maximum atomic E-state index is 2.41. The summed E-state index contributed by atoms with van der Waals surface area (Å²) in [4.78, 5) is 2.32. The van der Waals surface area contributed by atoms with Crippen LogP contribution in [-0.4, -0.2) is 11.6 Å². The number of aryl methyl sites for hydroxylation is 2. The van der Waals surface area contributed by atoms with E-state index in [0.717, 1.165) is 6.54 Å². The van der Waals surface area contributed by atoms with Crippen LogP contribution in [0.3, 0.4) is 0 Å². The summed E-state index contributed by atoms with van der Waals surface area (Å²) in [5.74, 6) is 1.18. The summed E-state index contributed by atoms with van der Waals surface area (Å²) in [7, 11) is 2.17. The van der Waals surface area contributed by atoms with E-state index in [-0.39, 0.29) is 5.41 Å². The highest BCUT2D eigenvalue weighted by molar-refractivity contribution is 5.77. The topological polar surface area (TPSA) is 12.1 Å². The number of allylic oxidation sites excluding steroid dienone is 3. The second kappa shape index (κ2) is 8.08. The van der Waals surface area contributed by atoms with Crippen LogP contribution in [0.15, 0.2) is 90.6 Å². The van der Waals surface area contributed by atoms with Crippen LogP contribution in [0.4, 0.5) is 5.69 Å². The van der Waals surface area contributed by atoms with Crippen LogP contribution in [-0.2, 0) is 12.0 Å². The molecule has 0 fully saturated rings. The molecule has 5 rings (SSSR count). The zero-order valence-electron chi connectivity index (χ0n) is 20.2. The molecule has 0 unspecified atom stereocenters. The molecule has 1 aliphatic heterocycles. The third-order valence-electron chi connectivity index (χ3n) is 6.94. The first-order valence-electron chi connectivity index (χ1n) is 11.8. The quantitative estimate of drug-likeness (QED) is 0.331. The minimum absolute atomic E-state index is 0.0281. The van der Waals surface area contributed by atoms with Crippen LogP contribution >= 0.6 is 0 Å². The van der Waals surface area contributed by atoms with Crippen molar-refractivity contribution in [3.8, 4) is 5.69 Å². The Bertz CT molecular complexity index is 1390. The van der Waals surface area contributed by atoms with Crippen LogP contribution in [0.5, 0.6) is 0 Å². The van der Waals surface area contributed by atoms with Crippen molar-refractivity contribution in [3.05, 3.63) is 108 Å². The molecule has 1 aliphatic rings. The van der Waals surface area contributed by atoms with Gasteiger partial charge in [0.15, 0.2) is 11.0 Å². The van der Waals surface area contributed by atoms with E-state index in [9.17, 15) is 0 Å². The van der Waals surface area contributed by atoms with Crippen molar-refractivity contribution in [1.82, 2.24) is 4.57 Å². The lowest BCUT2D eigenvalue weighted by Gasteiger charge is -2.23. The SMILES string of the molecule is CC[n+]1c(C=CC=C2N(C)c3ccccc3C2(C)C)n(-c2ccccc2)c2ccc(C)cc21. The van der Waals surface area contributed by atoms with Gasteiger partial charge in [-0.1, -0.05) is 62.4 Å². The van der Waals surface area contributed by atoms with E-state index in [1.807, 2.05) is 0 Å². The molecule has 0 spiro atoms. The Labute approximate surface area is 196 Å². The fourth-order valence-corrected chi connectivity index (χ4v) is 5.28. The molecule has 4 aromatic rings. The van der Waals surface area contributed by atoms with Crippen LogP contribution in [0, 0.1) is 6.92 Å². The van der Waals surface area contributed by atoms with E-state index < -0.39 is 0 Å². The molecule has 33 heavy (non-hydrogen) atoms. The maximum Gasteiger partial charge on any atom is 0.287 e. The Hall–Kier alpha value is -3.59. The highest BCUT2D eigenvalue weighted by atomic mass is 15.2. The van der Waals surface area contributed by atoms with Crippen molar-refractivity contribution in [1.29, 1.82) is 0 Å². The lowest BCUT2D eigenvalue weighted by Crippen LogP contribution is -2.35. The average molecular weight is 435 g/mol. The van der Waals surface area contributed by atoms with Crippen LogP contribution in [0.25, 0.3) is 22.8 Å². The first-order chi connectivity index (χ1) is 15.9. The number of anilines is 1. The molecule has 3 heteroatoms. The number of hydrogen-bond donors (Lipinski definition) is 0. The number of fused-ring (bicyclic) bond motifs is 2. The van der Waals surface area contributed by atoms with E-state index >= 15 is 0 Å². The van der Waals surface area contributed by atoms with E-state index in [1.54, 1.807) is 0 Å². The van der Waals surface area contributed by atoms with E-state index in [1.165, 1.54) is 45.1 Å². The van der Waals surface area contributed by atoms with Gasteiger partial charge in [0.05, 0.1) is 6.54 Å². The molecular formula is C30H32N3+. The number of rotatable bonds is 4. The summed E-state index contributed by atoms with van der Waals surface area (Å²) in [6.07, 6.45) is 6.75. The number of benzene rings is 3.